The van der Waals surface area contributed by atoms with E-state index in [1.165, 1.54) is 0 Å². The van der Waals surface area contributed by atoms with Gasteiger partial charge in [0.25, 0.3) is 0 Å². The third kappa shape index (κ3) is 3.04. The van der Waals surface area contributed by atoms with E-state index in [9.17, 15) is 17.6 Å². The molecule has 4 N–H and O–H groups in total. The number of benzene rings is 1. The predicted molar refractivity (Wildman–Crippen MR) is 78.3 cm³/mol. The minimum atomic E-state index is -3.83. The molecular formula is C12H14FN3O3S2. The van der Waals surface area contributed by atoms with Crippen LogP contribution in [0.2, 0.25) is 0 Å². The summed E-state index contributed by atoms with van der Waals surface area (Å²) in [7, 11) is -3.83. The van der Waals surface area contributed by atoms with E-state index in [4.69, 9.17) is 11.5 Å². The molecular weight excluding hydrogens is 317 g/mol. The average Bonchev–Trinajstić information content (AvgIpc) is 2.89. The average molecular weight is 331 g/mol. The molecule has 0 saturated carbocycles. The lowest BCUT2D eigenvalue weighted by Gasteiger charge is -2.16. The summed E-state index contributed by atoms with van der Waals surface area (Å²) in [5.74, 6) is -1.72. The van der Waals surface area contributed by atoms with Crippen LogP contribution in [0.4, 0.5) is 4.39 Å². The zero-order chi connectivity index (χ0) is 15.8. The Bertz CT molecular complexity index is 706. The van der Waals surface area contributed by atoms with Crippen LogP contribution in [0.15, 0.2) is 23.1 Å². The van der Waals surface area contributed by atoms with Crippen molar-refractivity contribution in [3.63, 3.8) is 0 Å². The van der Waals surface area contributed by atoms with E-state index >= 15 is 0 Å². The highest BCUT2D eigenvalue weighted by Crippen LogP contribution is 2.25. The lowest BCUT2D eigenvalue weighted by Crippen LogP contribution is -2.32. The van der Waals surface area contributed by atoms with E-state index in [0.717, 1.165) is 22.5 Å². The quantitative estimate of drug-likeness (QED) is 0.753. The third-order valence-corrected chi connectivity index (χ3v) is 5.48. The standard InChI is InChI=1S/C12H14FN3O3S2/c13-10-2-1-8(5-9(10)12(15)20)21(18,19)16-4-3-7(6-16)11(14)17/h1-2,5,7H,3-4,6H2,(H2,14,17)(H2,15,20). The molecule has 1 unspecified atom stereocenters. The lowest BCUT2D eigenvalue weighted by atomic mass is 10.1. The van der Waals surface area contributed by atoms with Gasteiger partial charge in [0.15, 0.2) is 0 Å². The summed E-state index contributed by atoms with van der Waals surface area (Å²) in [6.45, 7) is 0.215. The van der Waals surface area contributed by atoms with Crippen molar-refractivity contribution in [2.45, 2.75) is 11.3 Å². The van der Waals surface area contributed by atoms with Gasteiger partial charge in [0.05, 0.1) is 10.8 Å². The van der Waals surface area contributed by atoms with Gasteiger partial charge in [-0.15, -0.1) is 0 Å². The number of hydrogen-bond acceptors (Lipinski definition) is 4. The molecule has 1 saturated heterocycles. The Hall–Kier alpha value is -1.58. The molecule has 0 spiro atoms. The Kier molecular flexibility index (Phi) is 4.26. The molecule has 114 valence electrons. The highest BCUT2D eigenvalue weighted by Gasteiger charge is 2.35. The van der Waals surface area contributed by atoms with E-state index < -0.39 is 27.7 Å². The van der Waals surface area contributed by atoms with Crippen molar-refractivity contribution in [1.29, 1.82) is 0 Å². The number of primary amides is 1. The van der Waals surface area contributed by atoms with Gasteiger partial charge in [-0.2, -0.15) is 4.31 Å². The molecule has 6 nitrogen and oxygen atoms in total. The zero-order valence-electron chi connectivity index (χ0n) is 11.0. The van der Waals surface area contributed by atoms with Crippen LogP contribution in [0.1, 0.15) is 12.0 Å². The van der Waals surface area contributed by atoms with E-state index in [0.29, 0.717) is 6.42 Å². The maximum Gasteiger partial charge on any atom is 0.243 e. The number of amides is 1. The number of nitrogens with two attached hydrogens (primary N) is 2. The zero-order valence-corrected chi connectivity index (χ0v) is 12.6. The first-order chi connectivity index (χ1) is 9.73. The van der Waals surface area contributed by atoms with Gasteiger partial charge >= 0.3 is 0 Å². The molecule has 1 aliphatic heterocycles. The van der Waals surface area contributed by atoms with Crippen molar-refractivity contribution in [1.82, 2.24) is 4.31 Å². The molecule has 1 atom stereocenters. The van der Waals surface area contributed by atoms with Gasteiger partial charge in [-0.1, -0.05) is 12.2 Å². The monoisotopic (exact) mass is 331 g/mol. The molecule has 1 aliphatic rings. The largest absolute Gasteiger partial charge is 0.389 e. The van der Waals surface area contributed by atoms with Gasteiger partial charge in [-0.25, -0.2) is 12.8 Å². The molecule has 1 aromatic rings. The van der Waals surface area contributed by atoms with Crippen LogP contribution in [0.5, 0.6) is 0 Å². The maximum absolute atomic E-state index is 13.5. The molecule has 0 aliphatic carbocycles. The number of halogens is 1. The van der Waals surface area contributed by atoms with E-state index in [-0.39, 0.29) is 28.5 Å². The van der Waals surface area contributed by atoms with Crippen LogP contribution < -0.4 is 11.5 Å². The van der Waals surface area contributed by atoms with Crippen molar-refractivity contribution in [2.75, 3.05) is 13.1 Å². The molecule has 1 heterocycles. The van der Waals surface area contributed by atoms with E-state index in [2.05, 4.69) is 12.2 Å². The van der Waals surface area contributed by atoms with Gasteiger partial charge < -0.3 is 11.5 Å². The van der Waals surface area contributed by atoms with Crippen molar-refractivity contribution in [3.8, 4) is 0 Å². The van der Waals surface area contributed by atoms with Crippen molar-refractivity contribution < 1.29 is 17.6 Å². The number of carbonyl (C=O) groups excluding carboxylic acids is 1. The Morgan fingerprint density at radius 3 is 2.57 bits per heavy atom. The molecule has 9 heteroatoms. The maximum atomic E-state index is 13.5. The summed E-state index contributed by atoms with van der Waals surface area (Å²) in [6, 6.07) is 3.25. The Labute approximate surface area is 127 Å². The topological polar surface area (TPSA) is 106 Å². The van der Waals surface area contributed by atoms with Crippen LogP contribution in [-0.2, 0) is 14.8 Å². The summed E-state index contributed by atoms with van der Waals surface area (Å²) in [5.41, 5.74) is 10.4. The molecule has 0 bridgehead atoms. The molecule has 1 fully saturated rings. The summed E-state index contributed by atoms with van der Waals surface area (Å²) >= 11 is 4.69. The Morgan fingerprint density at radius 2 is 2.05 bits per heavy atom. The second-order valence-electron chi connectivity index (χ2n) is 4.76. The molecule has 1 amide bonds. The summed E-state index contributed by atoms with van der Waals surface area (Å²) in [4.78, 5) is 10.8. The van der Waals surface area contributed by atoms with Gasteiger partial charge in [0.1, 0.15) is 10.8 Å². The highest BCUT2D eigenvalue weighted by atomic mass is 32.2. The van der Waals surface area contributed by atoms with Gasteiger partial charge in [-0.3, -0.25) is 4.79 Å². The number of thiocarbonyl (C=S) groups is 1. The van der Waals surface area contributed by atoms with Gasteiger partial charge in [0, 0.05) is 18.7 Å². The Balaban J connectivity index is 2.35. The molecule has 0 aromatic heterocycles. The second kappa shape index (κ2) is 5.66. The third-order valence-electron chi connectivity index (χ3n) is 3.39. The summed E-state index contributed by atoms with van der Waals surface area (Å²) in [6.07, 6.45) is 0.373. The highest BCUT2D eigenvalue weighted by molar-refractivity contribution is 7.89. The second-order valence-corrected chi connectivity index (χ2v) is 7.13. The number of hydrogen-bond donors (Lipinski definition) is 2. The van der Waals surface area contributed by atoms with Crippen LogP contribution >= 0.6 is 12.2 Å². The smallest absolute Gasteiger partial charge is 0.243 e. The van der Waals surface area contributed by atoms with Crippen molar-refractivity contribution in [2.24, 2.45) is 17.4 Å². The number of sulfonamides is 1. The Morgan fingerprint density at radius 1 is 1.38 bits per heavy atom. The molecule has 1 aromatic carbocycles. The van der Waals surface area contributed by atoms with E-state index in [1.807, 2.05) is 0 Å². The van der Waals surface area contributed by atoms with Crippen LogP contribution in [-0.4, -0.2) is 36.7 Å². The van der Waals surface area contributed by atoms with Crippen molar-refractivity contribution >= 4 is 33.1 Å². The summed E-state index contributed by atoms with van der Waals surface area (Å²) < 4.78 is 39.6. The van der Waals surface area contributed by atoms with Gasteiger partial charge in [-0.05, 0) is 24.6 Å². The minimum absolute atomic E-state index is 0.0252. The SMILES string of the molecule is NC(=O)C1CCN(S(=O)(=O)c2ccc(F)c(C(N)=S)c2)C1. The molecule has 2 rings (SSSR count). The van der Waals surface area contributed by atoms with E-state index in [1.54, 1.807) is 0 Å². The fraction of sp³-hybridized carbons (Fsp3) is 0.333. The first kappa shape index (κ1) is 15.8. The number of nitrogens with zero attached hydrogens (tertiary/aromatic N) is 1. The first-order valence-electron chi connectivity index (χ1n) is 6.12. The molecule has 21 heavy (non-hydrogen) atoms. The van der Waals surface area contributed by atoms with Crippen LogP contribution in [0.25, 0.3) is 0 Å². The number of carbonyl (C=O) groups is 1. The lowest BCUT2D eigenvalue weighted by molar-refractivity contribution is -0.121. The number of rotatable bonds is 4. The molecule has 0 radical (unpaired) electrons. The predicted octanol–water partition coefficient (Wildman–Crippen LogP) is -0.0442. The van der Waals surface area contributed by atoms with Crippen LogP contribution in [0, 0.1) is 11.7 Å². The minimum Gasteiger partial charge on any atom is -0.389 e. The van der Waals surface area contributed by atoms with Gasteiger partial charge in [0.2, 0.25) is 15.9 Å². The fourth-order valence-corrected chi connectivity index (χ4v) is 3.86. The van der Waals surface area contributed by atoms with Crippen molar-refractivity contribution in [3.05, 3.63) is 29.6 Å². The first-order valence-corrected chi connectivity index (χ1v) is 7.97. The summed E-state index contributed by atoms with van der Waals surface area (Å²) in [5, 5.41) is 0. The fourth-order valence-electron chi connectivity index (χ4n) is 2.18. The normalized spacial score (nSPS) is 19.6. The van der Waals surface area contributed by atoms with Crippen LogP contribution in [0.3, 0.4) is 0 Å².